The van der Waals surface area contributed by atoms with Crippen LogP contribution >= 0.6 is 0 Å². The van der Waals surface area contributed by atoms with Crippen LogP contribution in [0.1, 0.15) is 51.2 Å². The summed E-state index contributed by atoms with van der Waals surface area (Å²) in [5.74, 6) is 1.31. The summed E-state index contributed by atoms with van der Waals surface area (Å²) < 4.78 is 11.1. The number of carbonyl (C=O) groups is 2. The van der Waals surface area contributed by atoms with Gasteiger partial charge in [-0.2, -0.15) is 5.10 Å². The predicted molar refractivity (Wildman–Crippen MR) is 138 cm³/mol. The van der Waals surface area contributed by atoms with Crippen molar-refractivity contribution in [2.75, 3.05) is 38.7 Å². The summed E-state index contributed by atoms with van der Waals surface area (Å²) in [6.45, 7) is 9.62. The molecule has 188 valence electrons. The number of anilines is 1. The molecule has 8 nitrogen and oxygen atoms in total. The van der Waals surface area contributed by atoms with E-state index in [0.717, 1.165) is 42.2 Å². The van der Waals surface area contributed by atoms with E-state index in [1.165, 1.54) is 5.01 Å². The van der Waals surface area contributed by atoms with Crippen LogP contribution in [0.3, 0.4) is 0 Å². The van der Waals surface area contributed by atoms with Crippen LogP contribution in [0, 0.1) is 0 Å². The number of nitrogens with zero attached hydrogens (tertiary/aromatic N) is 3. The molecule has 2 amide bonds. The highest BCUT2D eigenvalue weighted by Gasteiger charge is 2.22. The van der Waals surface area contributed by atoms with Crippen molar-refractivity contribution in [3.8, 4) is 11.5 Å². The molecular weight excluding hydrogens is 444 g/mol. The molecule has 1 aliphatic rings. The molecule has 8 heteroatoms. The van der Waals surface area contributed by atoms with Crippen molar-refractivity contribution in [3.63, 3.8) is 0 Å². The van der Waals surface area contributed by atoms with Gasteiger partial charge in [0.2, 0.25) is 11.8 Å². The topological polar surface area (TPSA) is 83.5 Å². The summed E-state index contributed by atoms with van der Waals surface area (Å²) >= 11 is 0. The highest BCUT2D eigenvalue weighted by atomic mass is 16.5. The molecule has 0 spiro atoms. The number of hydrazone groups is 1. The molecule has 0 radical (unpaired) electrons. The monoisotopic (exact) mass is 480 g/mol. The molecule has 3 rings (SSSR count). The van der Waals surface area contributed by atoms with Gasteiger partial charge in [-0.05, 0) is 55.9 Å². The van der Waals surface area contributed by atoms with E-state index in [1.807, 2.05) is 49.4 Å². The van der Waals surface area contributed by atoms with Gasteiger partial charge in [0.25, 0.3) is 0 Å². The quantitative estimate of drug-likeness (QED) is 0.490. The second-order valence-corrected chi connectivity index (χ2v) is 8.32. The van der Waals surface area contributed by atoms with E-state index in [4.69, 9.17) is 9.47 Å². The fourth-order valence-corrected chi connectivity index (χ4v) is 3.95. The number of rotatable bonds is 12. The van der Waals surface area contributed by atoms with E-state index >= 15 is 0 Å². The lowest BCUT2D eigenvalue weighted by Crippen LogP contribution is -2.31. The van der Waals surface area contributed by atoms with Crippen LogP contribution in [0.5, 0.6) is 11.5 Å². The minimum atomic E-state index is -0.0129. The largest absolute Gasteiger partial charge is 0.493 e. The molecule has 2 aromatic carbocycles. The lowest BCUT2D eigenvalue weighted by molar-refractivity contribution is -0.132. The third-order valence-electron chi connectivity index (χ3n) is 6.02. The Bertz CT molecular complexity index is 1030. The zero-order valence-electron chi connectivity index (χ0n) is 21.2. The number of hydrogen-bond donors (Lipinski definition) is 1. The Labute approximate surface area is 207 Å². The minimum absolute atomic E-state index is 0.00369. The minimum Gasteiger partial charge on any atom is -0.493 e. The highest BCUT2D eigenvalue weighted by molar-refractivity contribution is 6.04. The number of hydrogen-bond acceptors (Lipinski definition) is 6. The van der Waals surface area contributed by atoms with Crippen molar-refractivity contribution >= 4 is 23.2 Å². The summed E-state index contributed by atoms with van der Waals surface area (Å²) in [5, 5.41) is 9.10. The first-order valence-corrected chi connectivity index (χ1v) is 12.3. The average molecular weight is 481 g/mol. The Kier molecular flexibility index (Phi) is 9.66. The van der Waals surface area contributed by atoms with Crippen LogP contribution in [0.2, 0.25) is 0 Å². The normalized spacial score (nSPS) is 13.6. The summed E-state index contributed by atoms with van der Waals surface area (Å²) in [6.07, 6.45) is 1.43. The van der Waals surface area contributed by atoms with E-state index in [-0.39, 0.29) is 11.8 Å². The second-order valence-electron chi connectivity index (χ2n) is 8.32. The molecule has 2 aromatic rings. The van der Waals surface area contributed by atoms with E-state index in [2.05, 4.69) is 29.2 Å². The second kappa shape index (κ2) is 12.9. The van der Waals surface area contributed by atoms with Gasteiger partial charge in [-0.15, -0.1) is 0 Å². The predicted octanol–water partition coefficient (Wildman–Crippen LogP) is 4.29. The summed E-state index contributed by atoms with van der Waals surface area (Å²) in [7, 11) is 1.61. The Hall–Kier alpha value is -3.39. The van der Waals surface area contributed by atoms with Crippen molar-refractivity contribution in [1.82, 2.24) is 9.91 Å². The number of methoxy groups -OCH3 is 1. The summed E-state index contributed by atoms with van der Waals surface area (Å²) in [4.78, 5) is 27.0. The van der Waals surface area contributed by atoms with Crippen molar-refractivity contribution in [2.45, 2.75) is 46.6 Å². The molecule has 35 heavy (non-hydrogen) atoms. The zero-order chi connectivity index (χ0) is 25.2. The first kappa shape index (κ1) is 26.2. The van der Waals surface area contributed by atoms with E-state index in [1.54, 1.807) is 7.11 Å². The van der Waals surface area contributed by atoms with Gasteiger partial charge in [0.1, 0.15) is 0 Å². The van der Waals surface area contributed by atoms with Gasteiger partial charge in [-0.25, -0.2) is 5.01 Å². The molecule has 0 fully saturated rings. The van der Waals surface area contributed by atoms with Crippen LogP contribution in [0.15, 0.2) is 47.6 Å². The zero-order valence-corrected chi connectivity index (χ0v) is 21.2. The molecule has 0 bridgehead atoms. The fraction of sp³-hybridized carbons (Fsp3) is 0.444. The number of carbonyl (C=O) groups excluding carboxylic acids is 2. The lowest BCUT2D eigenvalue weighted by atomic mass is 10.0. The van der Waals surface area contributed by atoms with Gasteiger partial charge in [0.05, 0.1) is 26.0 Å². The lowest BCUT2D eigenvalue weighted by Gasteiger charge is -2.24. The molecule has 0 saturated carbocycles. The van der Waals surface area contributed by atoms with E-state index in [0.29, 0.717) is 43.9 Å². The van der Waals surface area contributed by atoms with Gasteiger partial charge < -0.3 is 19.7 Å². The Morgan fingerprint density at radius 1 is 1.06 bits per heavy atom. The number of amides is 2. The van der Waals surface area contributed by atoms with Crippen LogP contribution in [0.25, 0.3) is 0 Å². The number of nitrogens with one attached hydrogen (secondary N) is 1. The van der Waals surface area contributed by atoms with Gasteiger partial charge >= 0.3 is 0 Å². The molecule has 1 N–H and O–H groups in total. The average Bonchev–Trinajstić information content (AvgIpc) is 2.87. The van der Waals surface area contributed by atoms with Gasteiger partial charge in [0.15, 0.2) is 11.5 Å². The molecule has 0 aliphatic carbocycles. The standard InChI is InChI=1S/C27H36N4O4/c1-5-30(6-2)17-16-26(32)28-22-11-8-20(9-12-22)19-31-27(33)15-13-23(29-31)21-10-14-24(34-4)25(18-21)35-7-3/h8-12,14,18H,5-7,13,15-17,19H2,1-4H3,(H,28,32). The Morgan fingerprint density at radius 2 is 1.80 bits per heavy atom. The first-order valence-electron chi connectivity index (χ1n) is 12.3. The fourth-order valence-electron chi connectivity index (χ4n) is 3.95. The molecule has 0 saturated heterocycles. The summed E-state index contributed by atoms with van der Waals surface area (Å²) in [5.41, 5.74) is 3.43. The maximum Gasteiger partial charge on any atom is 0.243 e. The van der Waals surface area contributed by atoms with Crippen LogP contribution < -0.4 is 14.8 Å². The van der Waals surface area contributed by atoms with E-state index in [9.17, 15) is 9.59 Å². The smallest absolute Gasteiger partial charge is 0.243 e. The van der Waals surface area contributed by atoms with Crippen LogP contribution in [-0.2, 0) is 16.1 Å². The van der Waals surface area contributed by atoms with Gasteiger partial charge in [-0.3, -0.25) is 9.59 Å². The third kappa shape index (κ3) is 7.29. The number of ether oxygens (including phenoxy) is 2. The SMILES string of the molecule is CCOc1cc(C2=NN(Cc3ccc(NC(=O)CCN(CC)CC)cc3)C(=O)CC2)ccc1OC. The van der Waals surface area contributed by atoms with Crippen molar-refractivity contribution < 1.29 is 19.1 Å². The molecule has 0 atom stereocenters. The maximum atomic E-state index is 12.5. The van der Waals surface area contributed by atoms with Crippen molar-refractivity contribution in [1.29, 1.82) is 0 Å². The summed E-state index contributed by atoms with van der Waals surface area (Å²) in [6, 6.07) is 13.3. The molecule has 1 aliphatic heterocycles. The van der Waals surface area contributed by atoms with Gasteiger partial charge in [-0.1, -0.05) is 26.0 Å². The van der Waals surface area contributed by atoms with Crippen molar-refractivity contribution in [3.05, 3.63) is 53.6 Å². The third-order valence-corrected chi connectivity index (χ3v) is 6.02. The van der Waals surface area contributed by atoms with Gasteiger partial charge in [0, 0.05) is 37.1 Å². The molecular formula is C27H36N4O4. The van der Waals surface area contributed by atoms with Crippen LogP contribution in [0.4, 0.5) is 5.69 Å². The Morgan fingerprint density at radius 3 is 2.46 bits per heavy atom. The molecule has 0 aromatic heterocycles. The Balaban J connectivity index is 1.65. The van der Waals surface area contributed by atoms with Crippen molar-refractivity contribution in [2.24, 2.45) is 5.10 Å². The molecule has 0 unspecified atom stereocenters. The van der Waals surface area contributed by atoms with E-state index < -0.39 is 0 Å². The molecule has 1 heterocycles. The maximum absolute atomic E-state index is 12.5. The van der Waals surface area contributed by atoms with Crippen LogP contribution in [-0.4, -0.2) is 60.8 Å². The highest BCUT2D eigenvalue weighted by Crippen LogP contribution is 2.30. The first-order chi connectivity index (χ1) is 17.0. The number of benzene rings is 2.